The molecule has 0 heterocycles. The third-order valence-electron chi connectivity index (χ3n) is 3.77. The van der Waals surface area contributed by atoms with Gasteiger partial charge >= 0.3 is 0 Å². The summed E-state index contributed by atoms with van der Waals surface area (Å²) in [7, 11) is 0. The van der Waals surface area contributed by atoms with E-state index < -0.39 is 0 Å². The number of nitrogens with one attached hydrogen (secondary N) is 2. The minimum Gasteiger partial charge on any atom is -0.484 e. The predicted molar refractivity (Wildman–Crippen MR) is 102 cm³/mol. The lowest BCUT2D eigenvalue weighted by atomic mass is 10.0. The number of carbonyl (C=O) groups is 2. The van der Waals surface area contributed by atoms with Crippen molar-refractivity contribution in [3.8, 4) is 5.75 Å². The molecule has 0 radical (unpaired) electrons. The first-order valence-corrected chi connectivity index (χ1v) is 8.61. The molecule has 0 fully saturated rings. The lowest BCUT2D eigenvalue weighted by Gasteiger charge is -2.12. The Balaban J connectivity index is 1.98. The molecule has 0 aliphatic heterocycles. The molecule has 26 heavy (non-hydrogen) atoms. The molecule has 6 nitrogen and oxygen atoms in total. The van der Waals surface area contributed by atoms with Crippen LogP contribution in [0.25, 0.3) is 0 Å². The van der Waals surface area contributed by atoms with Crippen LogP contribution >= 0.6 is 0 Å². The van der Waals surface area contributed by atoms with Crippen molar-refractivity contribution in [1.82, 2.24) is 5.32 Å². The number of hydrogen-bond acceptors (Lipinski definition) is 4. The average molecular weight is 355 g/mol. The van der Waals surface area contributed by atoms with Gasteiger partial charge < -0.3 is 21.1 Å². The molecule has 2 amide bonds. The maximum absolute atomic E-state index is 12.2. The molecule has 2 rings (SSSR count). The zero-order valence-electron chi connectivity index (χ0n) is 15.1. The number of carbonyl (C=O) groups excluding carboxylic acids is 2. The average Bonchev–Trinajstić information content (AvgIpc) is 2.65. The van der Waals surface area contributed by atoms with E-state index in [9.17, 15) is 9.59 Å². The zero-order chi connectivity index (χ0) is 18.9. The van der Waals surface area contributed by atoms with Gasteiger partial charge in [-0.1, -0.05) is 38.1 Å². The second-order valence-electron chi connectivity index (χ2n) is 6.15. The van der Waals surface area contributed by atoms with Crippen LogP contribution in [0.1, 0.15) is 35.7 Å². The number of hydrogen-bond donors (Lipinski definition) is 3. The molecule has 0 bridgehead atoms. The van der Waals surface area contributed by atoms with Gasteiger partial charge in [0.1, 0.15) is 5.75 Å². The van der Waals surface area contributed by atoms with Gasteiger partial charge in [-0.15, -0.1) is 0 Å². The molecule has 0 saturated carbocycles. The zero-order valence-corrected chi connectivity index (χ0v) is 15.1. The number of nitrogens with two attached hydrogens (primary N) is 1. The molecular formula is C20H25N3O3. The van der Waals surface area contributed by atoms with Crippen molar-refractivity contribution in [3.05, 3.63) is 59.7 Å². The highest BCUT2D eigenvalue weighted by atomic mass is 16.5. The smallest absolute Gasteiger partial charge is 0.262 e. The second-order valence-corrected chi connectivity index (χ2v) is 6.15. The van der Waals surface area contributed by atoms with Crippen molar-refractivity contribution in [2.75, 3.05) is 25.0 Å². The Hall–Kier alpha value is -2.86. The van der Waals surface area contributed by atoms with Crippen molar-refractivity contribution in [1.29, 1.82) is 0 Å². The third-order valence-corrected chi connectivity index (χ3v) is 3.77. The monoisotopic (exact) mass is 355 g/mol. The summed E-state index contributed by atoms with van der Waals surface area (Å²) in [6.07, 6.45) is 0. The fourth-order valence-electron chi connectivity index (χ4n) is 2.37. The third kappa shape index (κ3) is 5.60. The first kappa shape index (κ1) is 19.5. The van der Waals surface area contributed by atoms with E-state index in [1.165, 1.54) is 0 Å². The van der Waals surface area contributed by atoms with Crippen LogP contribution in [0.4, 0.5) is 5.69 Å². The number of ether oxygens (including phenoxy) is 1. The molecule has 0 aliphatic rings. The summed E-state index contributed by atoms with van der Waals surface area (Å²) in [5.74, 6) is 0.405. The largest absolute Gasteiger partial charge is 0.484 e. The first-order chi connectivity index (χ1) is 12.5. The standard InChI is InChI=1S/C20H25N3O3/c1-14(2)15-6-5-7-16(12-15)26-13-19(24)23-18-9-4-3-8-17(18)20(25)22-11-10-21/h3-9,12,14H,10-11,13,21H2,1-2H3,(H,22,25)(H,23,24). The number of benzene rings is 2. The summed E-state index contributed by atoms with van der Waals surface area (Å²) in [5, 5.41) is 5.41. The van der Waals surface area contributed by atoms with Crippen LogP contribution in [0.5, 0.6) is 5.75 Å². The number of rotatable bonds is 8. The normalized spacial score (nSPS) is 10.5. The highest BCUT2D eigenvalue weighted by Gasteiger charge is 2.13. The Kier molecular flexibility index (Phi) is 7.17. The highest BCUT2D eigenvalue weighted by molar-refractivity contribution is 6.04. The molecule has 4 N–H and O–H groups in total. The Bertz CT molecular complexity index is 759. The van der Waals surface area contributed by atoms with Crippen LogP contribution in [-0.2, 0) is 4.79 Å². The molecule has 0 saturated heterocycles. The minimum absolute atomic E-state index is 0.139. The summed E-state index contributed by atoms with van der Waals surface area (Å²) in [4.78, 5) is 24.3. The molecule has 2 aromatic rings. The van der Waals surface area contributed by atoms with Gasteiger partial charge in [-0.2, -0.15) is 0 Å². The highest BCUT2D eigenvalue weighted by Crippen LogP contribution is 2.20. The molecule has 138 valence electrons. The van der Waals surface area contributed by atoms with Crippen LogP contribution in [-0.4, -0.2) is 31.5 Å². The van der Waals surface area contributed by atoms with Crippen molar-refractivity contribution in [2.45, 2.75) is 19.8 Å². The summed E-state index contributed by atoms with van der Waals surface area (Å²) in [5.41, 5.74) is 7.36. The maximum Gasteiger partial charge on any atom is 0.262 e. The first-order valence-electron chi connectivity index (χ1n) is 8.61. The van der Waals surface area contributed by atoms with Crippen LogP contribution < -0.4 is 21.1 Å². The van der Waals surface area contributed by atoms with Crippen molar-refractivity contribution in [3.63, 3.8) is 0 Å². The summed E-state index contributed by atoms with van der Waals surface area (Å²) >= 11 is 0. The quantitative estimate of drug-likeness (QED) is 0.678. The van der Waals surface area contributed by atoms with Crippen LogP contribution in [0.3, 0.4) is 0 Å². The fourth-order valence-corrected chi connectivity index (χ4v) is 2.37. The van der Waals surface area contributed by atoms with E-state index in [4.69, 9.17) is 10.5 Å². The molecule has 0 unspecified atom stereocenters. The molecule has 0 spiro atoms. The molecule has 2 aromatic carbocycles. The van der Waals surface area contributed by atoms with E-state index in [0.29, 0.717) is 36.0 Å². The predicted octanol–water partition coefficient (Wildman–Crippen LogP) is 2.52. The van der Waals surface area contributed by atoms with Gasteiger partial charge in [0.05, 0.1) is 11.3 Å². The van der Waals surface area contributed by atoms with Crippen molar-refractivity contribution < 1.29 is 14.3 Å². The second kappa shape index (κ2) is 9.58. The van der Waals surface area contributed by atoms with Crippen molar-refractivity contribution >= 4 is 17.5 Å². The molecule has 0 atom stereocenters. The lowest BCUT2D eigenvalue weighted by Crippen LogP contribution is -2.30. The Morgan fingerprint density at radius 2 is 1.88 bits per heavy atom. The van der Waals surface area contributed by atoms with Crippen LogP contribution in [0.15, 0.2) is 48.5 Å². The molecule has 0 aliphatic carbocycles. The molecule has 6 heteroatoms. The Morgan fingerprint density at radius 1 is 1.12 bits per heavy atom. The van der Waals surface area contributed by atoms with E-state index in [-0.39, 0.29) is 18.4 Å². The van der Waals surface area contributed by atoms with Gasteiger partial charge in [-0.3, -0.25) is 9.59 Å². The van der Waals surface area contributed by atoms with Crippen LogP contribution in [0, 0.1) is 0 Å². The minimum atomic E-state index is -0.334. The van der Waals surface area contributed by atoms with E-state index in [1.807, 2.05) is 24.3 Å². The van der Waals surface area contributed by atoms with Gasteiger partial charge in [0, 0.05) is 13.1 Å². The van der Waals surface area contributed by atoms with E-state index >= 15 is 0 Å². The van der Waals surface area contributed by atoms with Crippen molar-refractivity contribution in [2.24, 2.45) is 5.73 Å². The summed E-state index contributed by atoms with van der Waals surface area (Å²) < 4.78 is 5.57. The van der Waals surface area contributed by atoms with Crippen LogP contribution in [0.2, 0.25) is 0 Å². The molecule has 0 aromatic heterocycles. The van der Waals surface area contributed by atoms with Gasteiger partial charge in [0.2, 0.25) is 0 Å². The van der Waals surface area contributed by atoms with Gasteiger partial charge in [-0.25, -0.2) is 0 Å². The van der Waals surface area contributed by atoms with Gasteiger partial charge in [0.25, 0.3) is 11.8 Å². The molecular weight excluding hydrogens is 330 g/mol. The number of para-hydroxylation sites is 1. The Morgan fingerprint density at radius 3 is 2.62 bits per heavy atom. The van der Waals surface area contributed by atoms with Gasteiger partial charge in [-0.05, 0) is 35.7 Å². The summed E-state index contributed by atoms with van der Waals surface area (Å²) in [6.45, 7) is 4.77. The van der Waals surface area contributed by atoms with E-state index in [1.54, 1.807) is 24.3 Å². The SMILES string of the molecule is CC(C)c1cccc(OCC(=O)Nc2ccccc2C(=O)NCCN)c1. The fraction of sp³-hybridized carbons (Fsp3) is 0.300. The van der Waals surface area contributed by atoms with E-state index in [0.717, 1.165) is 5.56 Å². The number of anilines is 1. The summed E-state index contributed by atoms with van der Waals surface area (Å²) in [6, 6.07) is 14.5. The topological polar surface area (TPSA) is 93.4 Å². The lowest BCUT2D eigenvalue weighted by molar-refractivity contribution is -0.118. The van der Waals surface area contributed by atoms with E-state index in [2.05, 4.69) is 24.5 Å². The Labute approximate surface area is 153 Å². The maximum atomic E-state index is 12.2. The van der Waals surface area contributed by atoms with Gasteiger partial charge in [0.15, 0.2) is 6.61 Å². The number of amides is 2.